The number of amides is 1. The summed E-state index contributed by atoms with van der Waals surface area (Å²) in [5.74, 6) is 2.07. The molecular weight excluding hydrogens is 452 g/mol. The van der Waals surface area contributed by atoms with Crippen LogP contribution in [0.5, 0.6) is 17.4 Å². The van der Waals surface area contributed by atoms with E-state index in [1.165, 1.54) is 19.2 Å². The molecule has 1 amide bonds. The van der Waals surface area contributed by atoms with E-state index in [0.717, 1.165) is 12.2 Å². The molecule has 5 rings (SSSR count). The van der Waals surface area contributed by atoms with Gasteiger partial charge >= 0.3 is 0 Å². The average molecular weight is 475 g/mol. The lowest BCUT2D eigenvalue weighted by Crippen LogP contribution is -2.34. The first-order valence-corrected chi connectivity index (χ1v) is 11.2. The Kier molecular flexibility index (Phi) is 6.05. The summed E-state index contributed by atoms with van der Waals surface area (Å²) in [6.07, 6.45) is 5.79. The molecule has 1 saturated carbocycles. The highest BCUT2D eigenvalue weighted by Crippen LogP contribution is 2.32. The largest absolute Gasteiger partial charge is 0.497 e. The minimum Gasteiger partial charge on any atom is -0.497 e. The molecule has 1 aliphatic rings. The summed E-state index contributed by atoms with van der Waals surface area (Å²) in [4.78, 5) is 25.4. The SMILES string of the molecule is COc1ccc(C(=O)NC(=S)Nc2ccc(Oc3ncnc4c3ncn4CC3CC3)cc2)cc1. The molecule has 0 radical (unpaired) electrons. The molecule has 1 aliphatic carbocycles. The summed E-state index contributed by atoms with van der Waals surface area (Å²) in [7, 11) is 1.57. The summed E-state index contributed by atoms with van der Waals surface area (Å²) >= 11 is 5.26. The number of fused-ring (bicyclic) bond motifs is 1. The van der Waals surface area contributed by atoms with E-state index in [0.29, 0.717) is 40.1 Å². The molecule has 2 aromatic heterocycles. The number of carbonyl (C=O) groups is 1. The Balaban J connectivity index is 1.20. The zero-order chi connectivity index (χ0) is 23.5. The van der Waals surface area contributed by atoms with Crippen molar-refractivity contribution in [2.75, 3.05) is 12.4 Å². The molecule has 10 heteroatoms. The van der Waals surface area contributed by atoms with Gasteiger partial charge in [-0.05, 0) is 79.5 Å². The van der Waals surface area contributed by atoms with Gasteiger partial charge in [0.2, 0.25) is 0 Å². The second-order valence-electron chi connectivity index (χ2n) is 7.95. The van der Waals surface area contributed by atoms with Gasteiger partial charge in [-0.25, -0.2) is 9.97 Å². The molecular formula is C24H22N6O3S. The van der Waals surface area contributed by atoms with Crippen molar-refractivity contribution in [3.8, 4) is 17.4 Å². The van der Waals surface area contributed by atoms with Crippen LogP contribution >= 0.6 is 12.2 Å². The third kappa shape index (κ3) is 4.96. The highest BCUT2D eigenvalue weighted by Gasteiger charge is 2.23. The molecule has 34 heavy (non-hydrogen) atoms. The molecule has 0 saturated heterocycles. The van der Waals surface area contributed by atoms with Crippen LogP contribution in [-0.2, 0) is 6.54 Å². The van der Waals surface area contributed by atoms with E-state index in [4.69, 9.17) is 21.7 Å². The number of hydrogen-bond acceptors (Lipinski definition) is 7. The monoisotopic (exact) mass is 474 g/mol. The summed E-state index contributed by atoms with van der Waals surface area (Å²) in [6, 6.07) is 13.9. The van der Waals surface area contributed by atoms with Gasteiger partial charge in [0.25, 0.3) is 11.8 Å². The van der Waals surface area contributed by atoms with Crippen LogP contribution in [0, 0.1) is 5.92 Å². The second-order valence-corrected chi connectivity index (χ2v) is 8.36. The number of benzene rings is 2. The quantitative estimate of drug-likeness (QED) is 0.385. The van der Waals surface area contributed by atoms with Gasteiger partial charge in [-0.1, -0.05) is 0 Å². The fraction of sp³-hybridized carbons (Fsp3) is 0.208. The number of thiocarbonyl (C=S) groups is 1. The van der Waals surface area contributed by atoms with Gasteiger partial charge in [-0.3, -0.25) is 10.1 Å². The highest BCUT2D eigenvalue weighted by molar-refractivity contribution is 7.80. The summed E-state index contributed by atoms with van der Waals surface area (Å²) < 4.78 is 13.1. The van der Waals surface area contributed by atoms with E-state index in [1.54, 1.807) is 62.0 Å². The van der Waals surface area contributed by atoms with E-state index >= 15 is 0 Å². The van der Waals surface area contributed by atoms with Crippen LogP contribution in [0.15, 0.2) is 61.2 Å². The predicted molar refractivity (Wildman–Crippen MR) is 131 cm³/mol. The van der Waals surface area contributed by atoms with Crippen LogP contribution < -0.4 is 20.1 Å². The predicted octanol–water partition coefficient (Wildman–Crippen LogP) is 4.16. The van der Waals surface area contributed by atoms with Crippen LogP contribution in [0.1, 0.15) is 23.2 Å². The molecule has 0 atom stereocenters. The van der Waals surface area contributed by atoms with E-state index in [-0.39, 0.29) is 11.0 Å². The maximum Gasteiger partial charge on any atom is 0.257 e. The number of aromatic nitrogens is 4. The van der Waals surface area contributed by atoms with E-state index < -0.39 is 0 Å². The number of anilines is 1. The van der Waals surface area contributed by atoms with Crippen LogP contribution in [0.2, 0.25) is 0 Å². The molecule has 0 unspecified atom stereocenters. The molecule has 0 bridgehead atoms. The molecule has 9 nitrogen and oxygen atoms in total. The van der Waals surface area contributed by atoms with Gasteiger partial charge in [-0.15, -0.1) is 0 Å². The molecule has 0 aliphatic heterocycles. The number of nitrogens with zero attached hydrogens (tertiary/aromatic N) is 4. The highest BCUT2D eigenvalue weighted by atomic mass is 32.1. The van der Waals surface area contributed by atoms with Gasteiger partial charge in [0.05, 0.1) is 13.4 Å². The first-order chi connectivity index (χ1) is 16.6. The zero-order valence-electron chi connectivity index (χ0n) is 18.4. The van der Waals surface area contributed by atoms with Gasteiger partial charge < -0.3 is 19.4 Å². The minimum absolute atomic E-state index is 0.188. The van der Waals surface area contributed by atoms with E-state index in [2.05, 4.69) is 30.2 Å². The number of ether oxygens (including phenoxy) is 2. The standard InChI is InChI=1S/C24H22N6O3S/c1-32-18-8-4-16(5-9-18)22(31)29-24(34)28-17-6-10-19(11-7-17)33-23-20-21(25-13-26-23)30(14-27-20)12-15-2-3-15/h4-11,13-15H,2-3,12H2,1H3,(H2,28,29,31,34). The molecule has 0 spiro atoms. The van der Waals surface area contributed by atoms with Gasteiger partial charge in [0.15, 0.2) is 16.3 Å². The molecule has 2 N–H and O–H groups in total. The van der Waals surface area contributed by atoms with Crippen molar-refractivity contribution < 1.29 is 14.3 Å². The molecule has 1 fully saturated rings. The van der Waals surface area contributed by atoms with Gasteiger partial charge in [0, 0.05) is 17.8 Å². The van der Waals surface area contributed by atoms with Crippen molar-refractivity contribution in [3.63, 3.8) is 0 Å². The summed E-state index contributed by atoms with van der Waals surface area (Å²) in [6.45, 7) is 0.919. The van der Waals surface area contributed by atoms with Gasteiger partial charge in [-0.2, -0.15) is 4.98 Å². The lowest BCUT2D eigenvalue weighted by Gasteiger charge is -2.11. The first-order valence-electron chi connectivity index (χ1n) is 10.8. The van der Waals surface area contributed by atoms with Crippen molar-refractivity contribution in [1.82, 2.24) is 24.8 Å². The number of methoxy groups -OCH3 is 1. The topological polar surface area (TPSA) is 103 Å². The minimum atomic E-state index is -0.311. The normalized spacial score (nSPS) is 12.9. The molecule has 4 aromatic rings. The van der Waals surface area contributed by atoms with E-state index in [9.17, 15) is 4.79 Å². The third-order valence-corrected chi connectivity index (χ3v) is 5.63. The zero-order valence-corrected chi connectivity index (χ0v) is 19.2. The van der Waals surface area contributed by atoms with Crippen molar-refractivity contribution in [2.45, 2.75) is 19.4 Å². The van der Waals surface area contributed by atoms with Crippen LogP contribution in [0.25, 0.3) is 11.2 Å². The number of nitrogens with one attached hydrogen (secondary N) is 2. The van der Waals surface area contributed by atoms with Crippen LogP contribution in [0.3, 0.4) is 0 Å². The molecule has 2 aromatic carbocycles. The second kappa shape index (κ2) is 9.44. The van der Waals surface area contributed by atoms with Gasteiger partial charge in [0.1, 0.15) is 17.8 Å². The lowest BCUT2D eigenvalue weighted by atomic mass is 10.2. The third-order valence-electron chi connectivity index (χ3n) is 5.43. The van der Waals surface area contributed by atoms with Crippen LogP contribution in [0.4, 0.5) is 5.69 Å². The van der Waals surface area contributed by atoms with Crippen molar-refractivity contribution in [2.24, 2.45) is 5.92 Å². The fourth-order valence-electron chi connectivity index (χ4n) is 3.44. The summed E-state index contributed by atoms with van der Waals surface area (Å²) in [5, 5.41) is 5.84. The smallest absolute Gasteiger partial charge is 0.257 e. The number of rotatable bonds is 7. The number of hydrogen-bond donors (Lipinski definition) is 2. The van der Waals surface area contributed by atoms with Crippen molar-refractivity contribution >= 4 is 40.1 Å². The average Bonchev–Trinajstić information content (AvgIpc) is 3.58. The number of carbonyl (C=O) groups excluding carboxylic acids is 1. The maximum atomic E-state index is 12.4. The molecule has 2 heterocycles. The number of imidazole rings is 1. The maximum absolute atomic E-state index is 12.4. The Hall–Kier alpha value is -4.05. The molecule has 172 valence electrons. The Morgan fingerprint density at radius 2 is 1.79 bits per heavy atom. The van der Waals surface area contributed by atoms with E-state index in [1.807, 2.05) is 0 Å². The Morgan fingerprint density at radius 3 is 2.50 bits per heavy atom. The Morgan fingerprint density at radius 1 is 1.06 bits per heavy atom. The summed E-state index contributed by atoms with van der Waals surface area (Å²) in [5.41, 5.74) is 2.58. The first kappa shape index (κ1) is 21.8. The van der Waals surface area contributed by atoms with Crippen LogP contribution in [-0.4, -0.2) is 37.6 Å². The van der Waals surface area contributed by atoms with Crippen molar-refractivity contribution in [3.05, 3.63) is 66.7 Å². The van der Waals surface area contributed by atoms with Crippen molar-refractivity contribution in [1.29, 1.82) is 0 Å². The lowest BCUT2D eigenvalue weighted by molar-refractivity contribution is 0.0977. The Labute approximate surface area is 201 Å². The fourth-order valence-corrected chi connectivity index (χ4v) is 3.65. The Bertz CT molecular complexity index is 1330.